The van der Waals surface area contributed by atoms with E-state index in [1.807, 2.05) is 11.1 Å². The lowest BCUT2D eigenvalue weighted by Gasteiger charge is -2.32. The van der Waals surface area contributed by atoms with Crippen LogP contribution in [-0.4, -0.2) is 57.3 Å². The quantitative estimate of drug-likeness (QED) is 0.561. The van der Waals surface area contributed by atoms with Gasteiger partial charge in [-0.25, -0.2) is 9.97 Å². The summed E-state index contributed by atoms with van der Waals surface area (Å²) in [5.74, 6) is 1.26. The molecule has 0 spiro atoms. The molecule has 27 heavy (non-hydrogen) atoms. The van der Waals surface area contributed by atoms with E-state index in [4.69, 9.17) is 9.72 Å². The first kappa shape index (κ1) is 18.8. The summed E-state index contributed by atoms with van der Waals surface area (Å²) in [7, 11) is 0. The van der Waals surface area contributed by atoms with E-state index < -0.39 is 0 Å². The van der Waals surface area contributed by atoms with Crippen molar-refractivity contribution in [1.29, 1.82) is 0 Å². The molecule has 0 unspecified atom stereocenters. The molecule has 0 radical (unpaired) electrons. The molecule has 2 aliphatic heterocycles. The van der Waals surface area contributed by atoms with Gasteiger partial charge in [0.1, 0.15) is 4.88 Å². The summed E-state index contributed by atoms with van der Waals surface area (Å²) in [6, 6.07) is 0. The summed E-state index contributed by atoms with van der Waals surface area (Å²) in [5.41, 5.74) is 3.90. The van der Waals surface area contributed by atoms with Crippen LogP contribution in [0.25, 0.3) is 0 Å². The molecule has 2 aliphatic rings. The van der Waals surface area contributed by atoms with Crippen molar-refractivity contribution in [3.8, 4) is 0 Å². The summed E-state index contributed by atoms with van der Waals surface area (Å²) in [6.45, 7) is 4.45. The lowest BCUT2D eigenvalue weighted by molar-refractivity contribution is 0.0710. The number of ether oxygens (including phenoxy) is 1. The predicted molar refractivity (Wildman–Crippen MR) is 106 cm³/mol. The van der Waals surface area contributed by atoms with Gasteiger partial charge in [0.25, 0.3) is 5.91 Å². The Labute approximate surface area is 167 Å². The number of carbonyl (C=O) groups excluding carboxylic acids is 1. The van der Waals surface area contributed by atoms with E-state index in [-0.39, 0.29) is 11.8 Å². The monoisotopic (exact) mass is 404 g/mol. The first-order valence-corrected chi connectivity index (χ1v) is 11.3. The smallest absolute Gasteiger partial charge is 0.265 e. The molecular weight excluding hydrogens is 380 g/mol. The normalized spacial score (nSPS) is 22.9. The van der Waals surface area contributed by atoms with Crippen LogP contribution in [0.3, 0.4) is 0 Å². The molecule has 144 valence electrons. The number of thioether (sulfide) groups is 1. The van der Waals surface area contributed by atoms with Gasteiger partial charge < -0.3 is 9.64 Å². The summed E-state index contributed by atoms with van der Waals surface area (Å²) < 4.78 is 5.70. The molecular formula is C19H24N4O2S2. The topological polar surface area (TPSA) is 68.2 Å². The maximum Gasteiger partial charge on any atom is 0.265 e. The molecule has 2 saturated heterocycles. The van der Waals surface area contributed by atoms with E-state index in [1.54, 1.807) is 23.5 Å². The van der Waals surface area contributed by atoms with Crippen LogP contribution in [-0.2, 0) is 4.74 Å². The highest BCUT2D eigenvalue weighted by molar-refractivity contribution is 7.99. The van der Waals surface area contributed by atoms with Crippen LogP contribution in [0.1, 0.15) is 52.5 Å². The Bertz CT molecular complexity index is 778. The molecule has 0 bridgehead atoms. The van der Waals surface area contributed by atoms with Crippen LogP contribution in [0.4, 0.5) is 0 Å². The molecule has 0 saturated carbocycles. The number of aromatic nitrogens is 3. The summed E-state index contributed by atoms with van der Waals surface area (Å²) in [6.07, 6.45) is 8.23. The summed E-state index contributed by atoms with van der Waals surface area (Å²) >= 11 is 3.08. The Kier molecular flexibility index (Phi) is 6.04. The molecule has 6 nitrogen and oxygen atoms in total. The molecule has 4 rings (SSSR count). The first-order valence-electron chi connectivity index (χ1n) is 9.46. The third-order valence-electron chi connectivity index (χ3n) is 5.15. The number of hydrogen-bond acceptors (Lipinski definition) is 7. The van der Waals surface area contributed by atoms with Crippen molar-refractivity contribution in [3.63, 3.8) is 0 Å². The van der Waals surface area contributed by atoms with Gasteiger partial charge in [0.05, 0.1) is 23.5 Å². The van der Waals surface area contributed by atoms with Crippen LogP contribution in [0.2, 0.25) is 0 Å². The molecule has 1 amide bonds. The Hall–Kier alpha value is -1.51. The number of likely N-dealkylation sites (tertiary alicyclic amines) is 1. The van der Waals surface area contributed by atoms with E-state index in [0.717, 1.165) is 61.0 Å². The zero-order valence-corrected chi connectivity index (χ0v) is 17.1. The third kappa shape index (κ3) is 4.50. The Morgan fingerprint density at radius 2 is 2.30 bits per heavy atom. The van der Waals surface area contributed by atoms with Crippen LogP contribution in [0, 0.1) is 6.92 Å². The third-order valence-corrected chi connectivity index (χ3v) is 6.90. The van der Waals surface area contributed by atoms with Crippen LogP contribution < -0.4 is 0 Å². The number of rotatable bonds is 5. The fraction of sp³-hybridized carbons (Fsp3) is 0.579. The van der Waals surface area contributed by atoms with E-state index in [1.165, 1.54) is 11.3 Å². The average Bonchev–Trinajstić information content (AvgIpc) is 3.41. The molecule has 8 heteroatoms. The van der Waals surface area contributed by atoms with Crippen molar-refractivity contribution in [2.45, 2.75) is 49.8 Å². The number of thiazole rings is 1. The van der Waals surface area contributed by atoms with Gasteiger partial charge in [-0.15, -0.1) is 11.3 Å². The standard InChI is InChI=1S/C19H24N4O2S2/c1-13-8-21-19(26-11-15-5-3-7-25-15)22-17(13)14-4-2-6-23(10-14)18(24)16-9-20-12-27-16/h8-9,12,14-15H,2-7,10-11H2,1H3/t14-,15-/m0/s1. The lowest BCUT2D eigenvalue weighted by atomic mass is 9.92. The number of carbonyl (C=O) groups is 1. The van der Waals surface area contributed by atoms with Gasteiger partial charge in [-0.05, 0) is 38.2 Å². The van der Waals surface area contributed by atoms with Gasteiger partial charge in [0.15, 0.2) is 5.16 Å². The average molecular weight is 405 g/mol. The van der Waals surface area contributed by atoms with Crippen molar-refractivity contribution in [2.24, 2.45) is 0 Å². The number of amides is 1. The van der Waals surface area contributed by atoms with Crippen molar-refractivity contribution >= 4 is 29.0 Å². The summed E-state index contributed by atoms with van der Waals surface area (Å²) in [4.78, 5) is 28.7. The molecule has 2 aromatic rings. The molecule has 0 N–H and O–H groups in total. The zero-order valence-electron chi connectivity index (χ0n) is 15.5. The van der Waals surface area contributed by atoms with Gasteiger partial charge in [-0.1, -0.05) is 11.8 Å². The van der Waals surface area contributed by atoms with Gasteiger partial charge in [0.2, 0.25) is 0 Å². The van der Waals surface area contributed by atoms with E-state index in [2.05, 4.69) is 16.9 Å². The van der Waals surface area contributed by atoms with Crippen molar-refractivity contribution in [1.82, 2.24) is 19.9 Å². The highest BCUT2D eigenvalue weighted by atomic mass is 32.2. The number of piperidine rings is 1. The number of aryl methyl sites for hydroxylation is 1. The zero-order chi connectivity index (χ0) is 18.6. The SMILES string of the molecule is Cc1cnc(SC[C@@H]2CCCO2)nc1[C@H]1CCCN(C(=O)c2cncs2)C1. The minimum absolute atomic E-state index is 0.0851. The van der Waals surface area contributed by atoms with Crippen LogP contribution >= 0.6 is 23.1 Å². The first-order chi connectivity index (χ1) is 13.2. The predicted octanol–water partition coefficient (Wildman–Crippen LogP) is 3.53. The van der Waals surface area contributed by atoms with E-state index >= 15 is 0 Å². The summed E-state index contributed by atoms with van der Waals surface area (Å²) in [5, 5.41) is 0.817. The molecule has 2 fully saturated rings. The van der Waals surface area contributed by atoms with E-state index in [0.29, 0.717) is 17.5 Å². The molecule has 2 atom stereocenters. The Balaban J connectivity index is 1.44. The van der Waals surface area contributed by atoms with Crippen molar-refractivity contribution in [2.75, 3.05) is 25.4 Å². The number of nitrogens with zero attached hydrogens (tertiary/aromatic N) is 4. The maximum atomic E-state index is 12.7. The maximum absolute atomic E-state index is 12.7. The fourth-order valence-electron chi connectivity index (χ4n) is 3.73. The van der Waals surface area contributed by atoms with Crippen LogP contribution in [0.15, 0.2) is 23.1 Å². The Morgan fingerprint density at radius 3 is 3.07 bits per heavy atom. The van der Waals surface area contributed by atoms with Gasteiger partial charge >= 0.3 is 0 Å². The van der Waals surface area contributed by atoms with Crippen LogP contribution in [0.5, 0.6) is 0 Å². The van der Waals surface area contributed by atoms with Gasteiger partial charge in [-0.2, -0.15) is 0 Å². The van der Waals surface area contributed by atoms with E-state index in [9.17, 15) is 4.79 Å². The van der Waals surface area contributed by atoms with Gasteiger partial charge in [0, 0.05) is 37.6 Å². The van der Waals surface area contributed by atoms with Gasteiger partial charge in [-0.3, -0.25) is 9.78 Å². The van der Waals surface area contributed by atoms with Crippen molar-refractivity contribution < 1.29 is 9.53 Å². The molecule has 4 heterocycles. The minimum atomic E-state index is 0.0851. The second-order valence-electron chi connectivity index (χ2n) is 7.12. The minimum Gasteiger partial charge on any atom is -0.377 e. The number of hydrogen-bond donors (Lipinski definition) is 0. The second-order valence-corrected chi connectivity index (χ2v) is 9.00. The second kappa shape index (κ2) is 8.67. The lowest BCUT2D eigenvalue weighted by Crippen LogP contribution is -2.39. The molecule has 0 aromatic carbocycles. The van der Waals surface area contributed by atoms with Crippen molar-refractivity contribution in [3.05, 3.63) is 34.0 Å². The highest BCUT2D eigenvalue weighted by Gasteiger charge is 2.28. The molecule has 2 aromatic heterocycles. The molecule has 0 aliphatic carbocycles. The highest BCUT2D eigenvalue weighted by Crippen LogP contribution is 2.30. The largest absolute Gasteiger partial charge is 0.377 e. The fourth-order valence-corrected chi connectivity index (χ4v) is 5.20. The Morgan fingerprint density at radius 1 is 1.37 bits per heavy atom.